The van der Waals surface area contributed by atoms with E-state index >= 15 is 0 Å². The minimum atomic E-state index is -0.0745. The summed E-state index contributed by atoms with van der Waals surface area (Å²) in [6.07, 6.45) is 3.71. The van der Waals surface area contributed by atoms with Crippen molar-refractivity contribution >= 4 is 28.3 Å². The predicted octanol–water partition coefficient (Wildman–Crippen LogP) is 2.82. The van der Waals surface area contributed by atoms with Gasteiger partial charge in [0.2, 0.25) is 11.8 Å². The van der Waals surface area contributed by atoms with E-state index < -0.39 is 0 Å². The van der Waals surface area contributed by atoms with E-state index in [9.17, 15) is 4.79 Å². The van der Waals surface area contributed by atoms with E-state index in [0.29, 0.717) is 12.4 Å². The maximum Gasteiger partial charge on any atom is 0.233 e. The summed E-state index contributed by atoms with van der Waals surface area (Å²) < 4.78 is 5.05. The SMILES string of the molecule is COc1ccc(N2CCC[C@H](C(=O)Nc3ccc4[nH]ccc4c3)C2)nn1. The largest absolute Gasteiger partial charge is 0.480 e. The summed E-state index contributed by atoms with van der Waals surface area (Å²) >= 11 is 0. The molecule has 1 saturated heterocycles. The molecule has 0 unspecified atom stereocenters. The van der Waals surface area contributed by atoms with Gasteiger partial charge >= 0.3 is 0 Å². The Hall–Kier alpha value is -3.09. The molecular weight excluding hydrogens is 330 g/mol. The molecule has 1 fully saturated rings. The van der Waals surface area contributed by atoms with Gasteiger partial charge in [-0.05, 0) is 43.2 Å². The number of hydrogen-bond donors (Lipinski definition) is 2. The maximum atomic E-state index is 12.7. The topological polar surface area (TPSA) is 83.1 Å². The lowest BCUT2D eigenvalue weighted by Gasteiger charge is -2.32. The Kier molecular flexibility index (Phi) is 4.43. The van der Waals surface area contributed by atoms with Gasteiger partial charge in [0.15, 0.2) is 5.82 Å². The number of hydrogen-bond acceptors (Lipinski definition) is 5. The third kappa shape index (κ3) is 3.33. The number of fused-ring (bicyclic) bond motifs is 1. The first-order chi connectivity index (χ1) is 12.7. The summed E-state index contributed by atoms with van der Waals surface area (Å²) in [5, 5.41) is 12.3. The van der Waals surface area contributed by atoms with Crippen LogP contribution in [0, 0.1) is 5.92 Å². The quantitative estimate of drug-likeness (QED) is 0.755. The number of nitrogens with zero attached hydrogens (tertiary/aromatic N) is 3. The second-order valence-corrected chi connectivity index (χ2v) is 6.49. The highest BCUT2D eigenvalue weighted by Gasteiger charge is 2.27. The fourth-order valence-corrected chi connectivity index (χ4v) is 3.37. The van der Waals surface area contributed by atoms with Crippen LogP contribution < -0.4 is 15.0 Å². The minimum absolute atomic E-state index is 0.0473. The lowest BCUT2D eigenvalue weighted by atomic mass is 9.97. The highest BCUT2D eigenvalue weighted by Crippen LogP contribution is 2.24. The highest BCUT2D eigenvalue weighted by atomic mass is 16.5. The zero-order valence-electron chi connectivity index (χ0n) is 14.6. The lowest BCUT2D eigenvalue weighted by molar-refractivity contribution is -0.120. The van der Waals surface area contributed by atoms with Crippen LogP contribution in [-0.2, 0) is 4.79 Å². The number of benzene rings is 1. The normalized spacial score (nSPS) is 17.3. The van der Waals surface area contributed by atoms with Crippen molar-refractivity contribution in [2.45, 2.75) is 12.8 Å². The number of anilines is 2. The molecule has 2 aromatic heterocycles. The van der Waals surface area contributed by atoms with Gasteiger partial charge in [-0.1, -0.05) is 0 Å². The summed E-state index contributed by atoms with van der Waals surface area (Å²) in [4.78, 5) is 18.0. The first kappa shape index (κ1) is 16.4. The number of methoxy groups -OCH3 is 1. The summed E-state index contributed by atoms with van der Waals surface area (Å²) in [5.74, 6) is 1.23. The van der Waals surface area contributed by atoms with E-state index in [1.54, 1.807) is 13.2 Å². The van der Waals surface area contributed by atoms with E-state index in [1.807, 2.05) is 36.5 Å². The van der Waals surface area contributed by atoms with Gasteiger partial charge in [-0.15, -0.1) is 10.2 Å². The van der Waals surface area contributed by atoms with Crippen LogP contribution in [0.25, 0.3) is 10.9 Å². The van der Waals surface area contributed by atoms with Crippen LogP contribution >= 0.6 is 0 Å². The molecule has 26 heavy (non-hydrogen) atoms. The molecule has 1 amide bonds. The van der Waals surface area contributed by atoms with Crippen molar-refractivity contribution in [3.8, 4) is 5.88 Å². The monoisotopic (exact) mass is 351 g/mol. The maximum absolute atomic E-state index is 12.7. The number of nitrogens with one attached hydrogen (secondary N) is 2. The van der Waals surface area contributed by atoms with E-state index in [0.717, 1.165) is 41.8 Å². The zero-order valence-corrected chi connectivity index (χ0v) is 14.6. The van der Waals surface area contributed by atoms with E-state index in [4.69, 9.17) is 4.74 Å². The molecule has 3 aromatic rings. The van der Waals surface area contributed by atoms with E-state index in [-0.39, 0.29) is 11.8 Å². The highest BCUT2D eigenvalue weighted by molar-refractivity contribution is 5.95. The van der Waals surface area contributed by atoms with Crippen LogP contribution in [0.1, 0.15) is 12.8 Å². The number of rotatable bonds is 4. The number of aromatic amines is 1. The van der Waals surface area contributed by atoms with Crippen LogP contribution in [0.2, 0.25) is 0 Å². The van der Waals surface area contributed by atoms with Gasteiger partial charge < -0.3 is 19.9 Å². The molecule has 0 saturated carbocycles. The van der Waals surface area contributed by atoms with Crippen LogP contribution in [-0.4, -0.2) is 41.3 Å². The number of carbonyl (C=O) groups is 1. The van der Waals surface area contributed by atoms with Crippen molar-refractivity contribution in [3.63, 3.8) is 0 Å². The Labute approximate surface area is 151 Å². The predicted molar refractivity (Wildman–Crippen MR) is 100 cm³/mol. The molecule has 0 radical (unpaired) electrons. The fraction of sp³-hybridized carbons (Fsp3) is 0.316. The van der Waals surface area contributed by atoms with E-state index in [2.05, 4.69) is 25.4 Å². The molecular formula is C19H21N5O2. The van der Waals surface area contributed by atoms with Gasteiger partial charge in [0.1, 0.15) is 0 Å². The summed E-state index contributed by atoms with van der Waals surface area (Å²) in [6, 6.07) is 11.6. The van der Waals surface area contributed by atoms with Crippen molar-refractivity contribution in [1.82, 2.24) is 15.2 Å². The Bertz CT molecular complexity index is 906. The number of aromatic nitrogens is 3. The Balaban J connectivity index is 1.43. The van der Waals surface area contributed by atoms with Crippen molar-refractivity contribution < 1.29 is 9.53 Å². The Morgan fingerprint density at radius 1 is 1.27 bits per heavy atom. The number of piperidine rings is 1. The molecule has 0 aliphatic carbocycles. The van der Waals surface area contributed by atoms with Crippen LogP contribution in [0.3, 0.4) is 0 Å². The lowest BCUT2D eigenvalue weighted by Crippen LogP contribution is -2.41. The zero-order chi connectivity index (χ0) is 17.9. The number of carbonyl (C=O) groups excluding carboxylic acids is 1. The van der Waals surface area contributed by atoms with Gasteiger partial charge in [-0.25, -0.2) is 0 Å². The second kappa shape index (κ2) is 7.03. The molecule has 4 rings (SSSR count). The molecule has 1 aliphatic rings. The van der Waals surface area contributed by atoms with Crippen molar-refractivity contribution in [2.24, 2.45) is 5.92 Å². The molecule has 0 bridgehead atoms. The molecule has 0 spiro atoms. The van der Waals surface area contributed by atoms with Crippen molar-refractivity contribution in [2.75, 3.05) is 30.4 Å². The van der Waals surface area contributed by atoms with Gasteiger partial charge in [0.25, 0.3) is 0 Å². The average molecular weight is 351 g/mol. The Morgan fingerprint density at radius 2 is 2.19 bits per heavy atom. The van der Waals surface area contributed by atoms with Gasteiger partial charge in [0, 0.05) is 41.9 Å². The second-order valence-electron chi connectivity index (χ2n) is 6.49. The van der Waals surface area contributed by atoms with Crippen LogP contribution in [0.4, 0.5) is 11.5 Å². The average Bonchev–Trinajstić information content (AvgIpc) is 3.16. The van der Waals surface area contributed by atoms with Gasteiger partial charge in [-0.3, -0.25) is 4.79 Å². The minimum Gasteiger partial charge on any atom is -0.480 e. The third-order valence-corrected chi connectivity index (χ3v) is 4.77. The summed E-state index contributed by atoms with van der Waals surface area (Å²) in [6.45, 7) is 1.51. The molecule has 134 valence electrons. The van der Waals surface area contributed by atoms with Gasteiger partial charge in [-0.2, -0.15) is 0 Å². The number of amides is 1. The smallest absolute Gasteiger partial charge is 0.233 e. The standard InChI is InChI=1S/C19H21N5O2/c1-26-18-7-6-17(22-23-18)24-10-2-3-14(12-24)19(25)21-15-4-5-16-13(11-15)8-9-20-16/h4-9,11,14,20H,2-3,10,12H2,1H3,(H,21,25)/t14-/m0/s1. The molecule has 7 heteroatoms. The number of H-pyrrole nitrogens is 1. The summed E-state index contributed by atoms with van der Waals surface area (Å²) in [7, 11) is 1.57. The third-order valence-electron chi connectivity index (χ3n) is 4.77. The van der Waals surface area contributed by atoms with E-state index in [1.165, 1.54) is 0 Å². The van der Waals surface area contributed by atoms with Crippen LogP contribution in [0.15, 0.2) is 42.6 Å². The molecule has 1 aromatic carbocycles. The van der Waals surface area contributed by atoms with Crippen molar-refractivity contribution in [3.05, 3.63) is 42.6 Å². The fourth-order valence-electron chi connectivity index (χ4n) is 3.37. The first-order valence-corrected chi connectivity index (χ1v) is 8.73. The molecule has 7 nitrogen and oxygen atoms in total. The first-order valence-electron chi connectivity index (χ1n) is 8.73. The summed E-state index contributed by atoms with van der Waals surface area (Å²) in [5.41, 5.74) is 1.88. The number of ether oxygens (including phenoxy) is 1. The molecule has 1 atom stereocenters. The van der Waals surface area contributed by atoms with Crippen LogP contribution in [0.5, 0.6) is 5.88 Å². The molecule has 1 aliphatic heterocycles. The molecule has 3 heterocycles. The molecule has 2 N–H and O–H groups in total. The van der Waals surface area contributed by atoms with Crippen molar-refractivity contribution in [1.29, 1.82) is 0 Å². The van der Waals surface area contributed by atoms with Gasteiger partial charge in [0.05, 0.1) is 13.0 Å². The Morgan fingerprint density at radius 3 is 3.00 bits per heavy atom.